The van der Waals surface area contributed by atoms with Crippen molar-refractivity contribution in [3.8, 4) is 0 Å². The molecule has 0 amide bonds. The van der Waals surface area contributed by atoms with Crippen LogP contribution in [0.15, 0.2) is 0 Å². The van der Waals surface area contributed by atoms with Gasteiger partial charge in [0.2, 0.25) is 0 Å². The molecule has 0 saturated heterocycles. The molecule has 0 saturated carbocycles. The van der Waals surface area contributed by atoms with Crippen molar-refractivity contribution in [1.29, 1.82) is 0 Å². The van der Waals surface area contributed by atoms with Crippen LogP contribution in [0.3, 0.4) is 0 Å². The molecular weight excluding hydrogens is 160 g/mol. The van der Waals surface area contributed by atoms with Gasteiger partial charge in [0.15, 0.2) is 0 Å². The first-order valence-electron chi connectivity index (χ1n) is 5.46. The van der Waals surface area contributed by atoms with Crippen molar-refractivity contribution in [3.05, 3.63) is 0 Å². The van der Waals surface area contributed by atoms with E-state index in [1.54, 1.807) is 0 Å². The van der Waals surface area contributed by atoms with E-state index in [0.717, 1.165) is 19.5 Å². The Hall–Kier alpha value is -0.0800. The molecule has 2 heteroatoms. The summed E-state index contributed by atoms with van der Waals surface area (Å²) in [6, 6.07) is 0. The van der Waals surface area contributed by atoms with E-state index in [2.05, 4.69) is 33.0 Å². The highest BCUT2D eigenvalue weighted by molar-refractivity contribution is 4.80. The summed E-state index contributed by atoms with van der Waals surface area (Å²) < 4.78 is 0. The monoisotopic (exact) mass is 186 g/mol. The van der Waals surface area contributed by atoms with Crippen LogP contribution in [0.25, 0.3) is 0 Å². The van der Waals surface area contributed by atoms with Crippen molar-refractivity contribution in [2.75, 3.05) is 13.1 Å². The molecule has 0 aromatic heterocycles. The summed E-state index contributed by atoms with van der Waals surface area (Å²) in [6.07, 6.45) is 3.65. The van der Waals surface area contributed by atoms with Crippen molar-refractivity contribution < 1.29 is 0 Å². The molecule has 0 rings (SSSR count). The third kappa shape index (κ3) is 6.05. The Balaban J connectivity index is 3.41. The zero-order valence-corrected chi connectivity index (χ0v) is 9.69. The molecule has 80 valence electrons. The molecule has 0 spiro atoms. The number of hydrogen-bond donors (Lipinski definition) is 2. The van der Waals surface area contributed by atoms with Crippen LogP contribution in [-0.2, 0) is 0 Å². The van der Waals surface area contributed by atoms with Gasteiger partial charge in [-0.05, 0) is 45.7 Å². The van der Waals surface area contributed by atoms with Crippen LogP contribution < -0.4 is 11.1 Å². The number of nitrogens with one attached hydrogen (secondary N) is 1. The van der Waals surface area contributed by atoms with E-state index >= 15 is 0 Å². The minimum Gasteiger partial charge on any atom is -0.330 e. The van der Waals surface area contributed by atoms with E-state index in [-0.39, 0.29) is 5.54 Å². The lowest BCUT2D eigenvalue weighted by molar-refractivity contribution is 0.286. The summed E-state index contributed by atoms with van der Waals surface area (Å²) in [5, 5.41) is 3.58. The Bertz CT molecular complexity index is 119. The highest BCUT2D eigenvalue weighted by atomic mass is 15.0. The van der Waals surface area contributed by atoms with E-state index in [9.17, 15) is 0 Å². The van der Waals surface area contributed by atoms with Crippen molar-refractivity contribution in [2.45, 2.75) is 52.5 Å². The number of hydrogen-bond acceptors (Lipinski definition) is 2. The van der Waals surface area contributed by atoms with Gasteiger partial charge < -0.3 is 11.1 Å². The molecule has 13 heavy (non-hydrogen) atoms. The summed E-state index contributed by atoms with van der Waals surface area (Å²) >= 11 is 0. The molecule has 0 aliphatic rings. The predicted octanol–water partition coefficient (Wildman–Crippen LogP) is 2.14. The largest absolute Gasteiger partial charge is 0.330 e. The maximum absolute atomic E-state index is 5.42. The zero-order valence-electron chi connectivity index (χ0n) is 9.69. The van der Waals surface area contributed by atoms with Crippen LogP contribution in [0.1, 0.15) is 47.0 Å². The van der Waals surface area contributed by atoms with Crippen molar-refractivity contribution in [1.82, 2.24) is 5.32 Å². The van der Waals surface area contributed by atoms with Gasteiger partial charge in [-0.15, -0.1) is 0 Å². The molecule has 0 aliphatic carbocycles. The topological polar surface area (TPSA) is 38.0 Å². The van der Waals surface area contributed by atoms with Gasteiger partial charge in [-0.25, -0.2) is 0 Å². The second-order valence-electron chi connectivity index (χ2n) is 4.65. The van der Waals surface area contributed by atoms with Gasteiger partial charge in [0.25, 0.3) is 0 Å². The third-order valence-corrected chi connectivity index (χ3v) is 2.90. The lowest BCUT2D eigenvalue weighted by Gasteiger charge is -2.30. The average molecular weight is 186 g/mol. The Kier molecular flexibility index (Phi) is 6.35. The predicted molar refractivity (Wildman–Crippen MR) is 59.8 cm³/mol. The van der Waals surface area contributed by atoms with Crippen molar-refractivity contribution in [2.24, 2.45) is 11.7 Å². The SMILES string of the molecule is CC(C)C(C)(C)NCCCCCN. The lowest BCUT2D eigenvalue weighted by atomic mass is 9.90. The smallest absolute Gasteiger partial charge is 0.0148 e. The Labute approximate surface area is 83.3 Å². The molecule has 0 radical (unpaired) electrons. The van der Waals surface area contributed by atoms with Crippen molar-refractivity contribution in [3.63, 3.8) is 0 Å². The maximum atomic E-state index is 5.42. The first-order chi connectivity index (χ1) is 6.00. The van der Waals surface area contributed by atoms with E-state index < -0.39 is 0 Å². The summed E-state index contributed by atoms with van der Waals surface area (Å²) in [5.74, 6) is 0.682. The highest BCUT2D eigenvalue weighted by Gasteiger charge is 2.20. The van der Waals surface area contributed by atoms with Gasteiger partial charge in [-0.2, -0.15) is 0 Å². The van der Waals surface area contributed by atoms with Crippen LogP contribution in [0.5, 0.6) is 0 Å². The Morgan fingerprint density at radius 1 is 1.15 bits per heavy atom. The normalized spacial score (nSPS) is 12.5. The van der Waals surface area contributed by atoms with Crippen LogP contribution in [0, 0.1) is 5.92 Å². The molecule has 2 nitrogen and oxygen atoms in total. The molecule has 0 fully saturated rings. The molecule has 0 atom stereocenters. The molecule has 0 aromatic carbocycles. The summed E-state index contributed by atoms with van der Waals surface area (Å²) in [7, 11) is 0. The fourth-order valence-corrected chi connectivity index (χ4v) is 1.06. The van der Waals surface area contributed by atoms with Gasteiger partial charge in [-0.3, -0.25) is 0 Å². The van der Waals surface area contributed by atoms with E-state index in [0.29, 0.717) is 5.92 Å². The van der Waals surface area contributed by atoms with Gasteiger partial charge >= 0.3 is 0 Å². The minimum atomic E-state index is 0.267. The Morgan fingerprint density at radius 2 is 1.77 bits per heavy atom. The van der Waals surface area contributed by atoms with E-state index in [4.69, 9.17) is 5.73 Å². The van der Waals surface area contributed by atoms with Gasteiger partial charge in [-0.1, -0.05) is 20.3 Å². The minimum absolute atomic E-state index is 0.267. The van der Waals surface area contributed by atoms with Crippen molar-refractivity contribution >= 4 is 0 Å². The number of unbranched alkanes of at least 4 members (excludes halogenated alkanes) is 2. The maximum Gasteiger partial charge on any atom is 0.0148 e. The summed E-state index contributed by atoms with van der Waals surface area (Å²) in [6.45, 7) is 11.0. The summed E-state index contributed by atoms with van der Waals surface area (Å²) in [5.41, 5.74) is 5.69. The molecule has 0 bridgehead atoms. The number of rotatable bonds is 7. The van der Waals surface area contributed by atoms with Crippen LogP contribution in [0.4, 0.5) is 0 Å². The standard InChI is InChI=1S/C11H26N2/c1-10(2)11(3,4)13-9-7-5-6-8-12/h10,13H,5-9,12H2,1-4H3. The van der Waals surface area contributed by atoms with Gasteiger partial charge in [0.1, 0.15) is 0 Å². The highest BCUT2D eigenvalue weighted by Crippen LogP contribution is 2.14. The lowest BCUT2D eigenvalue weighted by Crippen LogP contribution is -2.44. The Morgan fingerprint density at radius 3 is 2.23 bits per heavy atom. The van der Waals surface area contributed by atoms with Crippen LogP contribution >= 0.6 is 0 Å². The molecule has 0 heterocycles. The van der Waals surface area contributed by atoms with Gasteiger partial charge in [0, 0.05) is 5.54 Å². The zero-order chi connectivity index (χ0) is 10.3. The molecular formula is C11H26N2. The average Bonchev–Trinajstić information content (AvgIpc) is 2.03. The summed E-state index contributed by atoms with van der Waals surface area (Å²) in [4.78, 5) is 0. The molecule has 3 N–H and O–H groups in total. The fraction of sp³-hybridized carbons (Fsp3) is 1.00. The first-order valence-corrected chi connectivity index (χ1v) is 5.46. The second-order valence-corrected chi connectivity index (χ2v) is 4.65. The van der Waals surface area contributed by atoms with E-state index in [1.807, 2.05) is 0 Å². The quantitative estimate of drug-likeness (QED) is 0.598. The number of nitrogens with two attached hydrogens (primary N) is 1. The first kappa shape index (κ1) is 12.9. The molecule has 0 aliphatic heterocycles. The fourth-order valence-electron chi connectivity index (χ4n) is 1.06. The second kappa shape index (κ2) is 6.39. The third-order valence-electron chi connectivity index (χ3n) is 2.90. The van der Waals surface area contributed by atoms with Crippen LogP contribution in [0.2, 0.25) is 0 Å². The molecule has 0 aromatic rings. The van der Waals surface area contributed by atoms with E-state index in [1.165, 1.54) is 12.8 Å². The molecule has 0 unspecified atom stereocenters. The van der Waals surface area contributed by atoms with Gasteiger partial charge in [0.05, 0.1) is 0 Å². The van der Waals surface area contributed by atoms with Crippen LogP contribution in [-0.4, -0.2) is 18.6 Å².